The van der Waals surface area contributed by atoms with Crippen LogP contribution in [0, 0.1) is 5.92 Å². The molecule has 0 atom stereocenters. The Morgan fingerprint density at radius 2 is 1.72 bits per heavy atom. The van der Waals surface area contributed by atoms with Crippen LogP contribution in [0.25, 0.3) is 0 Å². The van der Waals surface area contributed by atoms with Crippen molar-refractivity contribution in [2.45, 2.75) is 43.3 Å². The molecule has 2 heterocycles. The molecule has 0 N–H and O–H groups in total. The van der Waals surface area contributed by atoms with Crippen LogP contribution in [0.15, 0.2) is 29.2 Å². The normalized spacial score (nSPS) is 18.2. The number of benzene rings is 1. The number of hydrogen-bond donors (Lipinski definition) is 0. The van der Waals surface area contributed by atoms with E-state index in [-0.39, 0.29) is 23.6 Å². The van der Waals surface area contributed by atoms with E-state index in [4.69, 9.17) is 0 Å². The van der Waals surface area contributed by atoms with Crippen molar-refractivity contribution in [3.8, 4) is 0 Å². The Bertz CT molecular complexity index is 650. The number of carbonyl (C=O) groups excluding carboxylic acids is 3. The summed E-state index contributed by atoms with van der Waals surface area (Å²) in [6.45, 7) is 6.05. The van der Waals surface area contributed by atoms with Gasteiger partial charge < -0.3 is 4.90 Å². The van der Waals surface area contributed by atoms with Gasteiger partial charge in [0.25, 0.3) is 0 Å². The summed E-state index contributed by atoms with van der Waals surface area (Å²) in [4.78, 5) is 40.0. The van der Waals surface area contributed by atoms with Crippen LogP contribution < -0.4 is 0 Å². The standard InChI is InChI=1S/C19H24N2O3S/c1-13(2)25-16-5-3-14(4-6-16)9-19(24)20-10-15(11-20)12-21-17(22)7-8-18(21)23/h3-6,13,15H,7-12H2,1-2H3. The van der Waals surface area contributed by atoms with Crippen molar-refractivity contribution in [3.63, 3.8) is 0 Å². The van der Waals surface area contributed by atoms with Gasteiger partial charge in [-0.05, 0) is 17.7 Å². The average molecular weight is 360 g/mol. The first kappa shape index (κ1) is 18.0. The quantitative estimate of drug-likeness (QED) is 0.577. The van der Waals surface area contributed by atoms with Crippen molar-refractivity contribution in [2.75, 3.05) is 19.6 Å². The van der Waals surface area contributed by atoms with Gasteiger partial charge in [0.15, 0.2) is 0 Å². The number of imide groups is 1. The Balaban J connectivity index is 1.44. The first-order valence-electron chi connectivity index (χ1n) is 8.79. The van der Waals surface area contributed by atoms with Crippen LogP contribution >= 0.6 is 11.8 Å². The fraction of sp³-hybridized carbons (Fsp3) is 0.526. The highest BCUT2D eigenvalue weighted by Gasteiger charge is 2.36. The molecule has 3 rings (SSSR count). The molecule has 0 radical (unpaired) electrons. The van der Waals surface area contributed by atoms with Crippen molar-refractivity contribution >= 4 is 29.5 Å². The van der Waals surface area contributed by atoms with Crippen LogP contribution in [0.5, 0.6) is 0 Å². The Hall–Kier alpha value is -1.82. The van der Waals surface area contributed by atoms with E-state index in [1.165, 1.54) is 9.80 Å². The molecular formula is C19H24N2O3S. The van der Waals surface area contributed by atoms with Gasteiger partial charge in [-0.2, -0.15) is 0 Å². The monoisotopic (exact) mass is 360 g/mol. The van der Waals surface area contributed by atoms with Crippen LogP contribution in [0.3, 0.4) is 0 Å². The lowest BCUT2D eigenvalue weighted by Crippen LogP contribution is -2.54. The van der Waals surface area contributed by atoms with E-state index in [0.717, 1.165) is 5.56 Å². The second-order valence-corrected chi connectivity index (χ2v) is 8.70. The zero-order valence-corrected chi connectivity index (χ0v) is 15.6. The molecule has 0 aromatic heterocycles. The molecule has 3 amide bonds. The summed E-state index contributed by atoms with van der Waals surface area (Å²) in [6, 6.07) is 8.16. The third-order valence-corrected chi connectivity index (χ3v) is 5.57. The van der Waals surface area contributed by atoms with Gasteiger partial charge in [-0.1, -0.05) is 26.0 Å². The van der Waals surface area contributed by atoms with Gasteiger partial charge in [0.1, 0.15) is 0 Å². The van der Waals surface area contributed by atoms with E-state index in [1.54, 1.807) is 0 Å². The van der Waals surface area contributed by atoms with Crippen LogP contribution in [0.4, 0.5) is 0 Å². The van der Waals surface area contributed by atoms with Crippen LogP contribution in [-0.4, -0.2) is 52.4 Å². The predicted molar refractivity (Wildman–Crippen MR) is 97.2 cm³/mol. The van der Waals surface area contributed by atoms with E-state index < -0.39 is 0 Å². The zero-order chi connectivity index (χ0) is 18.0. The molecule has 2 aliphatic heterocycles. The Kier molecular flexibility index (Phi) is 5.47. The SMILES string of the molecule is CC(C)Sc1ccc(CC(=O)N2CC(CN3C(=O)CCC3=O)C2)cc1. The molecule has 2 fully saturated rings. The highest BCUT2D eigenvalue weighted by atomic mass is 32.2. The van der Waals surface area contributed by atoms with Crippen LogP contribution in [0.2, 0.25) is 0 Å². The number of likely N-dealkylation sites (tertiary alicyclic amines) is 2. The van der Waals surface area contributed by atoms with Gasteiger partial charge >= 0.3 is 0 Å². The van der Waals surface area contributed by atoms with Crippen LogP contribution in [-0.2, 0) is 20.8 Å². The number of thioether (sulfide) groups is 1. The van der Waals surface area contributed by atoms with Gasteiger partial charge in [0, 0.05) is 48.5 Å². The maximum atomic E-state index is 12.3. The van der Waals surface area contributed by atoms with Gasteiger partial charge in [-0.3, -0.25) is 19.3 Å². The first-order chi connectivity index (χ1) is 11.9. The number of amides is 3. The van der Waals surface area contributed by atoms with Gasteiger partial charge in [-0.15, -0.1) is 11.8 Å². The summed E-state index contributed by atoms with van der Waals surface area (Å²) in [6.07, 6.45) is 1.07. The Labute approximate surface area is 152 Å². The highest BCUT2D eigenvalue weighted by molar-refractivity contribution is 7.99. The molecule has 0 unspecified atom stereocenters. The third kappa shape index (κ3) is 4.42. The van der Waals surface area contributed by atoms with Crippen molar-refractivity contribution in [3.05, 3.63) is 29.8 Å². The number of hydrogen-bond acceptors (Lipinski definition) is 4. The minimum Gasteiger partial charge on any atom is -0.342 e. The summed E-state index contributed by atoms with van der Waals surface area (Å²) in [5.74, 6) is 0.183. The predicted octanol–water partition coefficient (Wildman–Crippen LogP) is 2.34. The molecule has 0 aliphatic carbocycles. The van der Waals surface area contributed by atoms with E-state index in [9.17, 15) is 14.4 Å². The largest absolute Gasteiger partial charge is 0.342 e. The molecule has 1 aromatic rings. The summed E-state index contributed by atoms with van der Waals surface area (Å²) in [5, 5.41) is 0.542. The maximum Gasteiger partial charge on any atom is 0.229 e. The lowest BCUT2D eigenvalue weighted by molar-refractivity contribution is -0.142. The van der Waals surface area contributed by atoms with E-state index >= 15 is 0 Å². The average Bonchev–Trinajstić information content (AvgIpc) is 2.83. The van der Waals surface area contributed by atoms with Gasteiger partial charge in [0.05, 0.1) is 6.42 Å². The molecule has 25 heavy (non-hydrogen) atoms. The van der Waals surface area contributed by atoms with Crippen molar-refractivity contribution in [2.24, 2.45) is 5.92 Å². The second kappa shape index (κ2) is 7.60. The summed E-state index contributed by atoms with van der Waals surface area (Å²) in [7, 11) is 0. The summed E-state index contributed by atoms with van der Waals surface area (Å²) in [5.41, 5.74) is 1.02. The van der Waals surface area contributed by atoms with E-state index in [1.807, 2.05) is 28.8 Å². The Morgan fingerprint density at radius 1 is 1.12 bits per heavy atom. The van der Waals surface area contributed by atoms with Gasteiger partial charge in [0.2, 0.25) is 17.7 Å². The third-order valence-electron chi connectivity index (χ3n) is 4.56. The molecule has 2 aliphatic rings. The minimum absolute atomic E-state index is 0.0749. The molecular weight excluding hydrogens is 336 g/mol. The van der Waals surface area contributed by atoms with Crippen molar-refractivity contribution in [1.82, 2.24) is 9.80 Å². The summed E-state index contributed by atoms with van der Waals surface area (Å²) < 4.78 is 0. The smallest absolute Gasteiger partial charge is 0.229 e. The zero-order valence-electron chi connectivity index (χ0n) is 14.7. The Morgan fingerprint density at radius 3 is 2.28 bits per heavy atom. The number of rotatable bonds is 6. The topological polar surface area (TPSA) is 57.7 Å². The summed E-state index contributed by atoms with van der Waals surface area (Å²) >= 11 is 1.81. The molecule has 1 aromatic carbocycles. The molecule has 6 heteroatoms. The van der Waals surface area contributed by atoms with Crippen LogP contribution in [0.1, 0.15) is 32.3 Å². The molecule has 0 saturated carbocycles. The molecule has 0 spiro atoms. The number of nitrogens with zero attached hydrogens (tertiary/aromatic N) is 2. The molecule has 134 valence electrons. The maximum absolute atomic E-state index is 12.3. The molecule has 0 bridgehead atoms. The highest BCUT2D eigenvalue weighted by Crippen LogP contribution is 2.24. The first-order valence-corrected chi connectivity index (χ1v) is 9.67. The lowest BCUT2D eigenvalue weighted by atomic mass is 9.98. The van der Waals surface area contributed by atoms with Gasteiger partial charge in [-0.25, -0.2) is 0 Å². The minimum atomic E-state index is -0.0749. The molecule has 2 saturated heterocycles. The van der Waals surface area contributed by atoms with E-state index in [2.05, 4.69) is 26.0 Å². The van der Waals surface area contributed by atoms with Crippen molar-refractivity contribution in [1.29, 1.82) is 0 Å². The number of carbonyl (C=O) groups is 3. The van der Waals surface area contributed by atoms with E-state index in [0.29, 0.717) is 44.1 Å². The second-order valence-electron chi connectivity index (χ2n) is 7.05. The fourth-order valence-corrected chi connectivity index (χ4v) is 4.06. The lowest BCUT2D eigenvalue weighted by Gasteiger charge is -2.40. The van der Waals surface area contributed by atoms with Crippen molar-refractivity contribution < 1.29 is 14.4 Å². The molecule has 5 nitrogen and oxygen atoms in total. The fourth-order valence-electron chi connectivity index (χ4n) is 3.22.